The zero-order valence-electron chi connectivity index (χ0n) is 28.4. The minimum Gasteiger partial charge on any atom is -0.482 e. The molecule has 0 bridgehead atoms. The minimum atomic E-state index is -0.874. The lowest BCUT2D eigenvalue weighted by Crippen LogP contribution is -2.45. The van der Waals surface area contributed by atoms with Gasteiger partial charge in [0.25, 0.3) is 5.91 Å². The molecule has 0 aliphatic rings. The third-order valence-electron chi connectivity index (χ3n) is 6.28. The van der Waals surface area contributed by atoms with E-state index >= 15 is 0 Å². The molecule has 14 heteroatoms. The average Bonchev–Trinajstić information content (AvgIpc) is 2.99. The molecule has 3 rings (SSSR count). The number of nitrogens with zero attached hydrogens (tertiary/aromatic N) is 2. The molecule has 262 valence electrons. The number of rotatable bonds is 11. The average molecular weight is 683 g/mol. The minimum absolute atomic E-state index is 0.0231. The molecular formula is C35H40F2N4O8. The Kier molecular flexibility index (Phi) is 12.4. The van der Waals surface area contributed by atoms with Crippen LogP contribution in [-0.4, -0.2) is 67.7 Å². The Bertz CT molecular complexity index is 1680. The first-order valence-corrected chi connectivity index (χ1v) is 15.2. The van der Waals surface area contributed by atoms with E-state index in [9.17, 15) is 32.8 Å². The predicted molar refractivity (Wildman–Crippen MR) is 179 cm³/mol. The molecule has 4 amide bonds. The predicted octanol–water partition coefficient (Wildman–Crippen LogP) is 5.46. The van der Waals surface area contributed by atoms with Gasteiger partial charge in [-0.05, 0) is 84.0 Å². The molecule has 2 N–H and O–H groups in total. The van der Waals surface area contributed by atoms with Gasteiger partial charge < -0.3 is 29.7 Å². The van der Waals surface area contributed by atoms with Crippen LogP contribution in [0.3, 0.4) is 0 Å². The number of carbonyl (C=O) groups excluding carboxylic acids is 5. The number of hydrogen-bond donors (Lipinski definition) is 2. The summed E-state index contributed by atoms with van der Waals surface area (Å²) >= 11 is 0. The highest BCUT2D eigenvalue weighted by atomic mass is 19.1. The van der Waals surface area contributed by atoms with Crippen molar-refractivity contribution in [1.82, 2.24) is 5.32 Å². The molecule has 0 radical (unpaired) electrons. The lowest BCUT2D eigenvalue weighted by molar-refractivity contribution is -0.153. The molecule has 0 saturated heterocycles. The van der Waals surface area contributed by atoms with Gasteiger partial charge in [-0.2, -0.15) is 0 Å². The second-order valence-electron chi connectivity index (χ2n) is 12.8. The third-order valence-corrected chi connectivity index (χ3v) is 6.28. The Morgan fingerprint density at radius 1 is 0.776 bits per heavy atom. The topological polar surface area (TPSA) is 144 Å². The number of urea groups is 1. The van der Waals surface area contributed by atoms with Crippen molar-refractivity contribution in [1.29, 1.82) is 0 Å². The summed E-state index contributed by atoms with van der Waals surface area (Å²) in [7, 11) is 1.31. The Hall–Kier alpha value is -5.53. The van der Waals surface area contributed by atoms with Crippen LogP contribution in [0.25, 0.3) is 0 Å². The second kappa shape index (κ2) is 16.0. The van der Waals surface area contributed by atoms with Gasteiger partial charge in [0.1, 0.15) is 35.1 Å². The van der Waals surface area contributed by atoms with E-state index in [0.717, 1.165) is 21.9 Å². The number of halogens is 2. The highest BCUT2D eigenvalue weighted by Gasteiger charge is 2.27. The summed E-state index contributed by atoms with van der Waals surface area (Å²) in [5.41, 5.74) is -1.09. The maximum atomic E-state index is 13.7. The van der Waals surface area contributed by atoms with Crippen molar-refractivity contribution in [2.45, 2.75) is 52.7 Å². The van der Waals surface area contributed by atoms with Crippen LogP contribution in [0.5, 0.6) is 5.75 Å². The van der Waals surface area contributed by atoms with E-state index in [-0.39, 0.29) is 28.4 Å². The van der Waals surface area contributed by atoms with Crippen molar-refractivity contribution in [3.63, 3.8) is 0 Å². The number of amides is 4. The van der Waals surface area contributed by atoms with Gasteiger partial charge in [0.2, 0.25) is 5.91 Å². The Morgan fingerprint density at radius 2 is 1.41 bits per heavy atom. The highest BCUT2D eigenvalue weighted by molar-refractivity contribution is 6.02. The normalized spacial score (nSPS) is 11.2. The van der Waals surface area contributed by atoms with Gasteiger partial charge in [0.05, 0.1) is 17.8 Å². The number of benzene rings is 3. The van der Waals surface area contributed by atoms with Crippen LogP contribution in [0.2, 0.25) is 0 Å². The monoisotopic (exact) mass is 682 g/mol. The largest absolute Gasteiger partial charge is 0.482 e. The van der Waals surface area contributed by atoms with Gasteiger partial charge >= 0.3 is 18.0 Å². The van der Waals surface area contributed by atoms with E-state index in [1.807, 2.05) is 0 Å². The summed E-state index contributed by atoms with van der Waals surface area (Å²) in [5.74, 6) is -4.46. The van der Waals surface area contributed by atoms with E-state index in [1.165, 1.54) is 31.3 Å². The van der Waals surface area contributed by atoms with E-state index < -0.39 is 72.3 Å². The Morgan fingerprint density at radius 3 is 2.04 bits per heavy atom. The van der Waals surface area contributed by atoms with E-state index in [4.69, 9.17) is 14.2 Å². The van der Waals surface area contributed by atoms with Crippen LogP contribution in [0.1, 0.15) is 51.9 Å². The second-order valence-corrected chi connectivity index (χ2v) is 12.8. The molecule has 12 nitrogen and oxygen atoms in total. The molecule has 3 aromatic carbocycles. The zero-order chi connectivity index (χ0) is 36.5. The zero-order valence-corrected chi connectivity index (χ0v) is 28.4. The molecule has 49 heavy (non-hydrogen) atoms. The smallest absolute Gasteiger partial charge is 0.338 e. The molecular weight excluding hydrogens is 642 g/mol. The molecule has 3 aromatic rings. The number of esters is 2. The maximum Gasteiger partial charge on any atom is 0.338 e. The fourth-order valence-electron chi connectivity index (χ4n) is 4.21. The molecule has 0 atom stereocenters. The van der Waals surface area contributed by atoms with Gasteiger partial charge in [-0.25, -0.2) is 18.4 Å². The SMILES string of the molecule is CN(C(=O)COc1ccccc1N(CC(=O)OC(C)(C)C)C(=O)CNC(=O)Nc1cccc(C(=O)OC(C)(C)C)c1)c1cc(F)cc(F)c1. The first kappa shape index (κ1) is 37.9. The lowest BCUT2D eigenvalue weighted by Gasteiger charge is -2.27. The lowest BCUT2D eigenvalue weighted by atomic mass is 10.1. The summed E-state index contributed by atoms with van der Waals surface area (Å²) in [6.07, 6.45) is 0. The third kappa shape index (κ3) is 12.2. The number of ether oxygens (including phenoxy) is 3. The van der Waals surface area contributed by atoms with E-state index in [1.54, 1.807) is 65.8 Å². The van der Waals surface area contributed by atoms with Crippen LogP contribution in [0.4, 0.5) is 30.6 Å². The van der Waals surface area contributed by atoms with Crippen LogP contribution in [0, 0.1) is 11.6 Å². The number of para-hydroxylation sites is 2. The fraction of sp³-hybridized carbons (Fsp3) is 0.343. The highest BCUT2D eigenvalue weighted by Crippen LogP contribution is 2.29. The molecule has 0 aliphatic heterocycles. The number of likely N-dealkylation sites (N-methyl/N-ethyl adjacent to an activating group) is 1. The van der Waals surface area contributed by atoms with Crippen LogP contribution in [0.15, 0.2) is 66.7 Å². The molecule has 0 heterocycles. The van der Waals surface area contributed by atoms with Gasteiger partial charge in [-0.15, -0.1) is 0 Å². The molecule has 0 aromatic heterocycles. The first-order valence-electron chi connectivity index (χ1n) is 15.2. The fourth-order valence-corrected chi connectivity index (χ4v) is 4.21. The van der Waals surface area contributed by atoms with Crippen LogP contribution < -0.4 is 25.2 Å². The van der Waals surface area contributed by atoms with Crippen molar-refractivity contribution in [2.24, 2.45) is 0 Å². The van der Waals surface area contributed by atoms with Crippen LogP contribution in [-0.2, 0) is 23.9 Å². The molecule has 0 aliphatic carbocycles. The summed E-state index contributed by atoms with van der Waals surface area (Å²) in [4.78, 5) is 66.5. The van der Waals surface area contributed by atoms with Crippen molar-refractivity contribution < 1.29 is 47.0 Å². The number of carbonyl (C=O) groups is 5. The van der Waals surface area contributed by atoms with Crippen LogP contribution >= 0.6 is 0 Å². The number of nitrogens with one attached hydrogen (secondary N) is 2. The Balaban J connectivity index is 1.76. The van der Waals surface area contributed by atoms with Crippen molar-refractivity contribution >= 4 is 46.8 Å². The number of anilines is 3. The van der Waals surface area contributed by atoms with Gasteiger partial charge in [0, 0.05) is 24.5 Å². The van der Waals surface area contributed by atoms with Crippen molar-refractivity contribution in [3.05, 3.63) is 83.9 Å². The van der Waals surface area contributed by atoms with E-state index in [2.05, 4.69) is 10.6 Å². The standard InChI is InChI=1S/C35H40F2N4O8/c1-34(2,3)48-31(44)20-41(29(42)19-38-33(46)39-25-12-10-11-22(15-25)32(45)49-35(4,5)6)27-13-8-9-14-28(27)47-21-30(43)40(7)26-17-23(36)16-24(37)18-26/h8-18H,19-21H2,1-7H3,(H2,38,39,46). The van der Waals surface area contributed by atoms with Crippen molar-refractivity contribution in [2.75, 3.05) is 41.9 Å². The molecule has 0 saturated carbocycles. The molecule has 0 fully saturated rings. The van der Waals surface area contributed by atoms with Gasteiger partial charge in [-0.1, -0.05) is 18.2 Å². The summed E-state index contributed by atoms with van der Waals surface area (Å²) in [6, 6.07) is 14.0. The van der Waals surface area contributed by atoms with Gasteiger partial charge in [-0.3, -0.25) is 19.3 Å². The number of hydrogen-bond acceptors (Lipinski definition) is 8. The van der Waals surface area contributed by atoms with Crippen molar-refractivity contribution in [3.8, 4) is 5.75 Å². The maximum absolute atomic E-state index is 13.7. The van der Waals surface area contributed by atoms with E-state index in [0.29, 0.717) is 6.07 Å². The quantitative estimate of drug-likeness (QED) is 0.254. The summed E-state index contributed by atoms with van der Waals surface area (Å²) < 4.78 is 43.9. The first-order chi connectivity index (χ1) is 22.8. The molecule has 0 spiro atoms. The van der Waals surface area contributed by atoms with Gasteiger partial charge in [0.15, 0.2) is 6.61 Å². The summed E-state index contributed by atoms with van der Waals surface area (Å²) in [5, 5.41) is 4.98. The Labute approximate surface area is 283 Å². The summed E-state index contributed by atoms with van der Waals surface area (Å²) in [6.45, 7) is 8.40. The molecule has 0 unspecified atom stereocenters.